The number of halogens is 2. The Balaban J connectivity index is 1.98. The van der Waals surface area contributed by atoms with Gasteiger partial charge in [-0.1, -0.05) is 12.5 Å². The van der Waals surface area contributed by atoms with Crippen LogP contribution in [0.15, 0.2) is 22.7 Å². The summed E-state index contributed by atoms with van der Waals surface area (Å²) in [6.07, 6.45) is 2.09. The van der Waals surface area contributed by atoms with Crippen molar-refractivity contribution in [2.45, 2.75) is 25.8 Å². The van der Waals surface area contributed by atoms with Crippen molar-refractivity contribution in [3.8, 4) is 11.4 Å². The van der Waals surface area contributed by atoms with E-state index in [1.54, 1.807) is 12.1 Å². The normalized spacial score (nSPS) is 16.5. The highest BCUT2D eigenvalue weighted by molar-refractivity contribution is 9.10. The van der Waals surface area contributed by atoms with Gasteiger partial charge in [0.1, 0.15) is 5.82 Å². The first-order valence-corrected chi connectivity index (χ1v) is 7.27. The van der Waals surface area contributed by atoms with Gasteiger partial charge in [-0.2, -0.15) is 0 Å². The summed E-state index contributed by atoms with van der Waals surface area (Å²) in [5.41, 5.74) is -0.316. The van der Waals surface area contributed by atoms with Crippen LogP contribution in [-0.2, 0) is 11.3 Å². The summed E-state index contributed by atoms with van der Waals surface area (Å²) in [5, 5.41) is 20.8. The highest BCUT2D eigenvalue weighted by atomic mass is 79.9. The van der Waals surface area contributed by atoms with Crippen LogP contribution in [0.5, 0.6) is 0 Å². The average molecular weight is 355 g/mol. The Morgan fingerprint density at radius 2 is 2.24 bits per heavy atom. The monoisotopic (exact) mass is 354 g/mol. The van der Waals surface area contributed by atoms with Crippen molar-refractivity contribution in [2.75, 3.05) is 0 Å². The summed E-state index contributed by atoms with van der Waals surface area (Å²) >= 11 is 3.18. The van der Waals surface area contributed by atoms with Gasteiger partial charge in [-0.15, -0.1) is 5.10 Å². The fourth-order valence-corrected chi connectivity index (χ4v) is 2.95. The number of benzene rings is 1. The minimum atomic E-state index is -0.839. The van der Waals surface area contributed by atoms with Crippen LogP contribution in [0.3, 0.4) is 0 Å². The molecule has 0 atom stereocenters. The van der Waals surface area contributed by atoms with Gasteiger partial charge < -0.3 is 5.11 Å². The second kappa shape index (κ2) is 5.18. The lowest BCUT2D eigenvalue weighted by Crippen LogP contribution is -2.42. The molecule has 110 valence electrons. The minimum Gasteiger partial charge on any atom is -0.481 e. The minimum absolute atomic E-state index is 0.188. The van der Waals surface area contributed by atoms with E-state index in [0.29, 0.717) is 24.2 Å². The molecule has 0 spiro atoms. The van der Waals surface area contributed by atoms with E-state index in [9.17, 15) is 14.3 Å². The van der Waals surface area contributed by atoms with E-state index < -0.39 is 17.2 Å². The van der Waals surface area contributed by atoms with E-state index in [4.69, 9.17) is 0 Å². The molecule has 1 aromatic carbocycles. The topological polar surface area (TPSA) is 80.9 Å². The lowest BCUT2D eigenvalue weighted by molar-refractivity contribution is -0.156. The van der Waals surface area contributed by atoms with E-state index in [0.717, 1.165) is 6.42 Å². The fraction of sp³-hybridized carbons (Fsp3) is 0.385. The third kappa shape index (κ3) is 2.33. The molecular formula is C13H12BrFN4O2. The summed E-state index contributed by atoms with van der Waals surface area (Å²) in [7, 11) is 0. The Labute approximate surface area is 128 Å². The van der Waals surface area contributed by atoms with Crippen LogP contribution in [0.1, 0.15) is 19.3 Å². The number of carboxylic acids is 1. The van der Waals surface area contributed by atoms with Crippen LogP contribution in [0.25, 0.3) is 11.4 Å². The summed E-state index contributed by atoms with van der Waals surface area (Å²) < 4.78 is 15.3. The number of carboxylic acid groups (broad SMARTS) is 1. The van der Waals surface area contributed by atoms with Crippen molar-refractivity contribution in [3.05, 3.63) is 28.5 Å². The maximum absolute atomic E-state index is 13.6. The Bertz CT molecular complexity index is 699. The van der Waals surface area contributed by atoms with Gasteiger partial charge >= 0.3 is 5.97 Å². The van der Waals surface area contributed by atoms with E-state index in [1.165, 1.54) is 10.7 Å². The van der Waals surface area contributed by atoms with Gasteiger partial charge in [0.2, 0.25) is 0 Å². The molecule has 0 unspecified atom stereocenters. The molecule has 8 heteroatoms. The molecule has 0 bridgehead atoms. The smallest absolute Gasteiger partial charge is 0.311 e. The van der Waals surface area contributed by atoms with Crippen LogP contribution in [0.2, 0.25) is 0 Å². The van der Waals surface area contributed by atoms with Crippen molar-refractivity contribution in [1.29, 1.82) is 0 Å². The zero-order valence-corrected chi connectivity index (χ0v) is 12.5. The molecule has 3 rings (SSSR count). The van der Waals surface area contributed by atoms with Crippen LogP contribution < -0.4 is 0 Å². The first kappa shape index (κ1) is 14.1. The number of aliphatic carboxylic acids is 1. The number of carbonyl (C=O) groups is 1. The number of hydrogen-bond donors (Lipinski definition) is 1. The standard InChI is InChI=1S/C13H12BrFN4O2/c14-10-8(3-1-4-9(10)15)11-16-17-18-19(11)7-13(12(20)21)5-2-6-13/h1,3-4H,2,5-7H2,(H,20,21). The maximum atomic E-state index is 13.6. The maximum Gasteiger partial charge on any atom is 0.311 e. The summed E-state index contributed by atoms with van der Waals surface area (Å²) in [5.74, 6) is -0.902. The molecule has 0 amide bonds. The average Bonchev–Trinajstić information content (AvgIpc) is 2.84. The van der Waals surface area contributed by atoms with E-state index in [2.05, 4.69) is 31.5 Å². The molecule has 1 N–H and O–H groups in total. The number of tetrazole rings is 1. The van der Waals surface area contributed by atoms with E-state index in [1.807, 2.05) is 0 Å². The van der Waals surface area contributed by atoms with Crippen molar-refractivity contribution in [1.82, 2.24) is 20.2 Å². The lowest BCUT2D eigenvalue weighted by atomic mass is 9.69. The van der Waals surface area contributed by atoms with Crippen LogP contribution in [0, 0.1) is 11.2 Å². The Hall–Kier alpha value is -1.83. The molecule has 0 radical (unpaired) electrons. The van der Waals surface area contributed by atoms with E-state index >= 15 is 0 Å². The van der Waals surface area contributed by atoms with Crippen LogP contribution in [-0.4, -0.2) is 31.3 Å². The number of nitrogens with zero attached hydrogens (tertiary/aromatic N) is 4. The summed E-state index contributed by atoms with van der Waals surface area (Å²) in [6.45, 7) is 0.188. The molecule has 1 heterocycles. The second-order valence-corrected chi connectivity index (χ2v) is 5.99. The Kier molecular flexibility index (Phi) is 3.48. The highest BCUT2D eigenvalue weighted by Crippen LogP contribution is 2.43. The molecular weight excluding hydrogens is 343 g/mol. The first-order chi connectivity index (χ1) is 10.0. The van der Waals surface area contributed by atoms with Gasteiger partial charge in [-0.05, 0) is 51.3 Å². The molecule has 1 aromatic heterocycles. The van der Waals surface area contributed by atoms with Gasteiger partial charge in [-0.3, -0.25) is 4.79 Å². The van der Waals surface area contributed by atoms with E-state index in [-0.39, 0.29) is 11.0 Å². The zero-order chi connectivity index (χ0) is 15.0. The summed E-state index contributed by atoms with van der Waals surface area (Å²) in [6, 6.07) is 4.57. The zero-order valence-electron chi connectivity index (χ0n) is 11.0. The SMILES string of the molecule is O=C(O)C1(Cn2nnnc2-c2cccc(F)c2Br)CCC1. The van der Waals surface area contributed by atoms with Gasteiger partial charge in [0.15, 0.2) is 5.82 Å². The molecule has 6 nitrogen and oxygen atoms in total. The third-order valence-electron chi connectivity index (χ3n) is 3.94. The predicted octanol–water partition coefficient (Wildman–Crippen LogP) is 2.50. The fourth-order valence-electron chi connectivity index (χ4n) is 2.51. The number of rotatable bonds is 4. The predicted molar refractivity (Wildman–Crippen MR) is 74.8 cm³/mol. The number of aromatic nitrogens is 4. The molecule has 1 saturated carbocycles. The summed E-state index contributed by atoms with van der Waals surface area (Å²) in [4.78, 5) is 11.4. The quantitative estimate of drug-likeness (QED) is 0.912. The Morgan fingerprint density at radius 1 is 1.48 bits per heavy atom. The molecule has 21 heavy (non-hydrogen) atoms. The molecule has 0 aliphatic heterocycles. The van der Waals surface area contributed by atoms with Crippen molar-refractivity contribution in [2.24, 2.45) is 5.41 Å². The molecule has 1 aliphatic carbocycles. The van der Waals surface area contributed by atoms with Gasteiger partial charge in [-0.25, -0.2) is 9.07 Å². The largest absolute Gasteiger partial charge is 0.481 e. The second-order valence-electron chi connectivity index (χ2n) is 5.20. The third-order valence-corrected chi connectivity index (χ3v) is 4.75. The van der Waals surface area contributed by atoms with Crippen molar-refractivity contribution < 1.29 is 14.3 Å². The van der Waals surface area contributed by atoms with Gasteiger partial charge in [0.25, 0.3) is 0 Å². The first-order valence-electron chi connectivity index (χ1n) is 6.47. The lowest BCUT2D eigenvalue weighted by Gasteiger charge is -2.37. The number of hydrogen-bond acceptors (Lipinski definition) is 4. The van der Waals surface area contributed by atoms with Crippen LogP contribution in [0.4, 0.5) is 4.39 Å². The highest BCUT2D eigenvalue weighted by Gasteiger charge is 2.45. The van der Waals surface area contributed by atoms with Gasteiger partial charge in [0.05, 0.1) is 16.4 Å². The Morgan fingerprint density at radius 3 is 2.86 bits per heavy atom. The molecule has 1 aliphatic rings. The molecule has 0 saturated heterocycles. The van der Waals surface area contributed by atoms with Crippen molar-refractivity contribution in [3.63, 3.8) is 0 Å². The molecule has 1 fully saturated rings. The van der Waals surface area contributed by atoms with Gasteiger partial charge in [0, 0.05) is 5.56 Å². The van der Waals surface area contributed by atoms with Crippen LogP contribution >= 0.6 is 15.9 Å². The molecule has 2 aromatic rings. The van der Waals surface area contributed by atoms with Crippen molar-refractivity contribution >= 4 is 21.9 Å².